The molecule has 28 heavy (non-hydrogen) atoms. The summed E-state index contributed by atoms with van der Waals surface area (Å²) in [5.74, 6) is -0.863. The van der Waals surface area contributed by atoms with Crippen molar-refractivity contribution < 1.29 is 22.8 Å². The molecule has 3 aliphatic rings. The van der Waals surface area contributed by atoms with E-state index in [1.54, 1.807) is 4.90 Å². The molecule has 0 radical (unpaired) electrons. The molecule has 4 rings (SSSR count). The van der Waals surface area contributed by atoms with Crippen molar-refractivity contribution in [2.75, 3.05) is 26.2 Å². The summed E-state index contributed by atoms with van der Waals surface area (Å²) in [6.07, 6.45) is 2.09. The lowest BCUT2D eigenvalue weighted by atomic mass is 9.94. The molecule has 0 spiro atoms. The van der Waals surface area contributed by atoms with Gasteiger partial charge >= 0.3 is 6.18 Å². The molecule has 2 amide bonds. The van der Waals surface area contributed by atoms with Crippen molar-refractivity contribution in [1.82, 2.24) is 19.4 Å². The summed E-state index contributed by atoms with van der Waals surface area (Å²) in [6, 6.07) is 0. The van der Waals surface area contributed by atoms with Gasteiger partial charge in [-0.3, -0.25) is 9.59 Å². The lowest BCUT2D eigenvalue weighted by Gasteiger charge is -2.37. The highest BCUT2D eigenvalue weighted by molar-refractivity contribution is 5.87. The number of rotatable bonds is 3. The van der Waals surface area contributed by atoms with Crippen molar-refractivity contribution in [1.29, 1.82) is 0 Å². The van der Waals surface area contributed by atoms with Crippen molar-refractivity contribution in [3.63, 3.8) is 0 Å². The van der Waals surface area contributed by atoms with Gasteiger partial charge in [-0.15, -0.1) is 0 Å². The van der Waals surface area contributed by atoms with E-state index in [1.807, 2.05) is 4.90 Å². The number of nitrogens with zero attached hydrogens (tertiary/aromatic N) is 4. The van der Waals surface area contributed by atoms with E-state index >= 15 is 0 Å². The first-order valence-corrected chi connectivity index (χ1v) is 10.0. The van der Waals surface area contributed by atoms with Crippen molar-refractivity contribution in [3.8, 4) is 0 Å². The fourth-order valence-corrected chi connectivity index (χ4v) is 4.75. The molecule has 1 aromatic heterocycles. The molecule has 154 valence electrons. The minimum absolute atomic E-state index is 0.0216. The third-order valence-corrected chi connectivity index (χ3v) is 6.28. The van der Waals surface area contributed by atoms with Crippen LogP contribution in [0.2, 0.25) is 0 Å². The maximum absolute atomic E-state index is 13.0. The Balaban J connectivity index is 1.35. The monoisotopic (exact) mass is 398 g/mol. The van der Waals surface area contributed by atoms with Crippen LogP contribution in [-0.2, 0) is 28.7 Å². The van der Waals surface area contributed by atoms with Gasteiger partial charge in [-0.25, -0.2) is 4.98 Å². The lowest BCUT2D eigenvalue weighted by molar-refractivity contribution is -0.149. The second-order valence-corrected chi connectivity index (χ2v) is 8.16. The van der Waals surface area contributed by atoms with Crippen LogP contribution in [0.1, 0.15) is 43.6 Å². The zero-order valence-corrected chi connectivity index (χ0v) is 15.7. The van der Waals surface area contributed by atoms with E-state index in [1.165, 1.54) is 31.9 Å². The minimum atomic E-state index is -4.49. The number of amides is 2. The molecule has 1 saturated carbocycles. The molecule has 2 fully saturated rings. The minimum Gasteiger partial charge on any atom is -0.339 e. The van der Waals surface area contributed by atoms with Gasteiger partial charge in [0.25, 0.3) is 0 Å². The SMILES string of the molecule is O=C1CN(C(=O)[C@H]2CCn3c(cnc3C(F)(F)F)C2)CCN1CC1CCCC1. The first-order valence-electron chi connectivity index (χ1n) is 10.0. The Hall–Kier alpha value is -2.06. The highest BCUT2D eigenvalue weighted by Gasteiger charge is 2.40. The van der Waals surface area contributed by atoms with Crippen molar-refractivity contribution in [2.45, 2.75) is 51.2 Å². The zero-order valence-electron chi connectivity index (χ0n) is 15.7. The number of carbonyl (C=O) groups is 2. The van der Waals surface area contributed by atoms with E-state index in [4.69, 9.17) is 0 Å². The highest BCUT2D eigenvalue weighted by Crippen LogP contribution is 2.33. The van der Waals surface area contributed by atoms with E-state index < -0.39 is 12.0 Å². The van der Waals surface area contributed by atoms with Gasteiger partial charge in [-0.05, 0) is 25.2 Å². The molecule has 0 N–H and O–H groups in total. The van der Waals surface area contributed by atoms with Crippen LogP contribution in [0.4, 0.5) is 13.2 Å². The lowest BCUT2D eigenvalue weighted by Crippen LogP contribution is -2.54. The van der Waals surface area contributed by atoms with E-state index in [0.29, 0.717) is 31.1 Å². The maximum Gasteiger partial charge on any atom is 0.449 e. The van der Waals surface area contributed by atoms with Crippen LogP contribution < -0.4 is 0 Å². The Morgan fingerprint density at radius 2 is 1.89 bits per heavy atom. The van der Waals surface area contributed by atoms with Gasteiger partial charge in [-0.1, -0.05) is 12.8 Å². The summed E-state index contributed by atoms with van der Waals surface area (Å²) >= 11 is 0. The largest absolute Gasteiger partial charge is 0.449 e. The standard InChI is InChI=1S/C19H25F3N4O2/c20-19(21,22)18-23-10-15-9-14(5-6-26(15)18)17(28)25-8-7-24(16(27)12-25)11-13-3-1-2-4-13/h10,13-14H,1-9,11-12H2/t14-/m0/s1. The van der Waals surface area contributed by atoms with Gasteiger partial charge in [-0.2, -0.15) is 13.2 Å². The summed E-state index contributed by atoms with van der Waals surface area (Å²) in [5.41, 5.74) is 0.433. The van der Waals surface area contributed by atoms with Crippen LogP contribution >= 0.6 is 0 Å². The first kappa shape index (κ1) is 19.3. The molecule has 9 heteroatoms. The molecule has 1 aromatic rings. The number of halogens is 3. The Kier molecular flexibility index (Phi) is 5.09. The second kappa shape index (κ2) is 7.40. The van der Waals surface area contributed by atoms with E-state index in [-0.39, 0.29) is 37.2 Å². The summed E-state index contributed by atoms with van der Waals surface area (Å²) in [5, 5.41) is 0. The summed E-state index contributed by atoms with van der Waals surface area (Å²) in [6.45, 7) is 2.03. The van der Waals surface area contributed by atoms with Crippen LogP contribution in [0.5, 0.6) is 0 Å². The quantitative estimate of drug-likeness (QED) is 0.785. The van der Waals surface area contributed by atoms with Crippen LogP contribution in [0.25, 0.3) is 0 Å². The van der Waals surface area contributed by atoms with Crippen LogP contribution in [0, 0.1) is 11.8 Å². The molecule has 2 aliphatic heterocycles. The first-order chi connectivity index (χ1) is 13.3. The number of alkyl halides is 3. The summed E-state index contributed by atoms with van der Waals surface area (Å²) in [7, 11) is 0. The Bertz CT molecular complexity index is 755. The fraction of sp³-hybridized carbons (Fsp3) is 0.737. The number of hydrogen-bond donors (Lipinski definition) is 0. The number of carbonyl (C=O) groups excluding carboxylic acids is 2. The van der Waals surface area contributed by atoms with E-state index in [9.17, 15) is 22.8 Å². The normalized spacial score (nSPS) is 24.0. The van der Waals surface area contributed by atoms with Gasteiger partial charge < -0.3 is 14.4 Å². The fourth-order valence-electron chi connectivity index (χ4n) is 4.75. The third-order valence-electron chi connectivity index (χ3n) is 6.28. The van der Waals surface area contributed by atoms with Crippen LogP contribution in [0.3, 0.4) is 0 Å². The average Bonchev–Trinajstić information content (AvgIpc) is 3.31. The van der Waals surface area contributed by atoms with Gasteiger partial charge in [0, 0.05) is 50.4 Å². The number of hydrogen-bond acceptors (Lipinski definition) is 3. The summed E-state index contributed by atoms with van der Waals surface area (Å²) in [4.78, 5) is 32.3. The molecular weight excluding hydrogens is 373 g/mol. The average molecular weight is 398 g/mol. The van der Waals surface area contributed by atoms with Gasteiger partial charge in [0.05, 0.1) is 6.54 Å². The number of fused-ring (bicyclic) bond motifs is 1. The number of imidazole rings is 1. The molecule has 1 aliphatic carbocycles. The molecule has 1 atom stereocenters. The molecule has 0 bridgehead atoms. The molecule has 6 nitrogen and oxygen atoms in total. The Morgan fingerprint density at radius 3 is 2.57 bits per heavy atom. The number of aromatic nitrogens is 2. The van der Waals surface area contributed by atoms with Crippen molar-refractivity contribution in [3.05, 3.63) is 17.7 Å². The smallest absolute Gasteiger partial charge is 0.339 e. The maximum atomic E-state index is 13.0. The summed E-state index contributed by atoms with van der Waals surface area (Å²) < 4.78 is 40.1. The van der Waals surface area contributed by atoms with Gasteiger partial charge in [0.1, 0.15) is 0 Å². The molecular formula is C19H25F3N4O2. The third kappa shape index (κ3) is 3.75. The topological polar surface area (TPSA) is 58.4 Å². The Morgan fingerprint density at radius 1 is 1.14 bits per heavy atom. The predicted molar refractivity (Wildman–Crippen MR) is 94.2 cm³/mol. The molecule has 0 aromatic carbocycles. The number of piperazine rings is 1. The van der Waals surface area contributed by atoms with Crippen molar-refractivity contribution >= 4 is 11.8 Å². The van der Waals surface area contributed by atoms with E-state index in [0.717, 1.165) is 11.1 Å². The molecule has 3 heterocycles. The Labute approximate surface area is 161 Å². The van der Waals surface area contributed by atoms with Crippen LogP contribution in [-0.4, -0.2) is 57.3 Å². The second-order valence-electron chi connectivity index (χ2n) is 8.16. The van der Waals surface area contributed by atoms with Crippen LogP contribution in [0.15, 0.2) is 6.20 Å². The van der Waals surface area contributed by atoms with Gasteiger partial charge in [0.2, 0.25) is 17.6 Å². The highest BCUT2D eigenvalue weighted by atomic mass is 19.4. The predicted octanol–water partition coefficient (Wildman–Crippen LogP) is 2.33. The molecule has 1 saturated heterocycles. The zero-order chi connectivity index (χ0) is 19.9. The van der Waals surface area contributed by atoms with Crippen molar-refractivity contribution in [2.24, 2.45) is 11.8 Å². The van der Waals surface area contributed by atoms with E-state index in [2.05, 4.69) is 4.98 Å². The molecule has 0 unspecified atom stereocenters. The van der Waals surface area contributed by atoms with Gasteiger partial charge in [0.15, 0.2) is 0 Å².